The minimum absolute atomic E-state index is 0.00865. The SMILES string of the molecule is CC(C)N(C(=O)N1CCc2c(nc(-c3cccnc3)[nH]c2=O)C1)C(C)C. The molecule has 1 aliphatic rings. The van der Waals surface area contributed by atoms with Crippen LogP contribution in [0.2, 0.25) is 0 Å². The zero-order valence-corrected chi connectivity index (χ0v) is 15.7. The number of nitrogens with zero attached hydrogens (tertiary/aromatic N) is 4. The topological polar surface area (TPSA) is 82.2 Å². The summed E-state index contributed by atoms with van der Waals surface area (Å²) in [5.41, 5.74) is 1.95. The van der Waals surface area contributed by atoms with E-state index in [-0.39, 0.29) is 23.7 Å². The van der Waals surface area contributed by atoms with Crippen LogP contribution in [0.15, 0.2) is 29.3 Å². The lowest BCUT2D eigenvalue weighted by Crippen LogP contribution is -2.51. The summed E-state index contributed by atoms with van der Waals surface area (Å²) in [5, 5.41) is 0. The lowest BCUT2D eigenvalue weighted by molar-refractivity contribution is 0.119. The molecular formula is C19H25N5O2. The number of aromatic amines is 1. The third-order valence-corrected chi connectivity index (χ3v) is 4.61. The average molecular weight is 355 g/mol. The van der Waals surface area contributed by atoms with Crippen molar-refractivity contribution in [1.82, 2.24) is 24.8 Å². The van der Waals surface area contributed by atoms with Crippen molar-refractivity contribution in [2.75, 3.05) is 6.54 Å². The Balaban J connectivity index is 1.91. The molecule has 0 atom stereocenters. The highest BCUT2D eigenvalue weighted by Crippen LogP contribution is 2.20. The third-order valence-electron chi connectivity index (χ3n) is 4.61. The third kappa shape index (κ3) is 3.47. The van der Waals surface area contributed by atoms with Crippen molar-refractivity contribution >= 4 is 6.03 Å². The van der Waals surface area contributed by atoms with Crippen molar-refractivity contribution in [2.24, 2.45) is 0 Å². The zero-order chi connectivity index (χ0) is 18.8. The molecule has 1 N–H and O–H groups in total. The molecule has 3 rings (SSSR count). The largest absolute Gasteiger partial charge is 0.320 e. The van der Waals surface area contributed by atoms with Crippen LogP contribution in [0.1, 0.15) is 39.0 Å². The molecule has 7 heteroatoms. The Kier molecular flexibility index (Phi) is 5.06. The van der Waals surface area contributed by atoms with Gasteiger partial charge in [-0.2, -0.15) is 0 Å². The van der Waals surface area contributed by atoms with E-state index < -0.39 is 0 Å². The van der Waals surface area contributed by atoms with Gasteiger partial charge in [-0.25, -0.2) is 9.78 Å². The Morgan fingerprint density at radius 3 is 2.62 bits per heavy atom. The molecule has 0 radical (unpaired) electrons. The Bertz CT molecular complexity index is 837. The van der Waals surface area contributed by atoms with E-state index >= 15 is 0 Å². The van der Waals surface area contributed by atoms with E-state index in [9.17, 15) is 9.59 Å². The standard InChI is InChI=1S/C19H25N5O2/c1-12(2)24(13(3)4)19(26)23-9-7-15-16(11-23)21-17(22-18(15)25)14-6-5-8-20-10-14/h5-6,8,10,12-13H,7,9,11H2,1-4H3,(H,21,22,25). The molecule has 2 aromatic heterocycles. The number of carbonyl (C=O) groups is 1. The van der Waals surface area contributed by atoms with Crippen LogP contribution in [0.3, 0.4) is 0 Å². The van der Waals surface area contributed by atoms with Crippen molar-refractivity contribution in [3.05, 3.63) is 46.1 Å². The van der Waals surface area contributed by atoms with Gasteiger partial charge in [0.2, 0.25) is 0 Å². The fraction of sp³-hybridized carbons (Fsp3) is 0.474. The maximum atomic E-state index is 13.0. The first-order valence-corrected chi connectivity index (χ1v) is 8.98. The Morgan fingerprint density at radius 2 is 2.00 bits per heavy atom. The van der Waals surface area contributed by atoms with E-state index in [2.05, 4.69) is 15.0 Å². The van der Waals surface area contributed by atoms with Gasteiger partial charge in [0, 0.05) is 42.1 Å². The smallest absolute Gasteiger partial charge is 0.320 e. The normalized spacial score (nSPS) is 13.8. The van der Waals surface area contributed by atoms with Gasteiger partial charge in [-0.3, -0.25) is 9.78 Å². The summed E-state index contributed by atoms with van der Waals surface area (Å²) >= 11 is 0. The summed E-state index contributed by atoms with van der Waals surface area (Å²) < 4.78 is 0. The average Bonchev–Trinajstić information content (AvgIpc) is 2.61. The number of amides is 2. The molecule has 0 spiro atoms. The number of nitrogens with one attached hydrogen (secondary N) is 1. The maximum absolute atomic E-state index is 13.0. The van der Waals surface area contributed by atoms with Crippen molar-refractivity contribution < 1.29 is 4.79 Å². The Hall–Kier alpha value is -2.70. The van der Waals surface area contributed by atoms with Crippen molar-refractivity contribution in [2.45, 2.75) is 52.7 Å². The first kappa shape index (κ1) is 18.1. The van der Waals surface area contributed by atoms with Gasteiger partial charge in [0.05, 0.1) is 12.2 Å². The highest BCUT2D eigenvalue weighted by molar-refractivity contribution is 5.75. The maximum Gasteiger partial charge on any atom is 0.320 e. The summed E-state index contributed by atoms with van der Waals surface area (Å²) in [4.78, 5) is 40.6. The van der Waals surface area contributed by atoms with Crippen molar-refractivity contribution in [1.29, 1.82) is 0 Å². The van der Waals surface area contributed by atoms with Gasteiger partial charge in [-0.1, -0.05) is 0 Å². The molecule has 138 valence electrons. The number of pyridine rings is 1. The summed E-state index contributed by atoms with van der Waals surface area (Å²) in [7, 11) is 0. The minimum atomic E-state index is -0.134. The predicted octanol–water partition coefficient (Wildman–Crippen LogP) is 2.43. The van der Waals surface area contributed by atoms with Crippen LogP contribution in [0, 0.1) is 0 Å². The van der Waals surface area contributed by atoms with Gasteiger partial charge in [-0.15, -0.1) is 0 Å². The molecule has 2 amide bonds. The second-order valence-electron chi connectivity index (χ2n) is 7.13. The highest BCUT2D eigenvalue weighted by Gasteiger charge is 2.30. The van der Waals surface area contributed by atoms with E-state index in [0.717, 1.165) is 5.56 Å². The summed E-state index contributed by atoms with van der Waals surface area (Å²) in [6.45, 7) is 8.93. The number of fused-ring (bicyclic) bond motifs is 1. The van der Waals surface area contributed by atoms with Crippen molar-refractivity contribution in [3.8, 4) is 11.4 Å². The van der Waals surface area contributed by atoms with Gasteiger partial charge in [0.15, 0.2) is 0 Å². The van der Waals surface area contributed by atoms with Crippen LogP contribution in [-0.4, -0.2) is 49.4 Å². The second kappa shape index (κ2) is 7.27. The van der Waals surface area contributed by atoms with Crippen LogP contribution in [0.4, 0.5) is 4.79 Å². The number of hydrogen-bond acceptors (Lipinski definition) is 4. The monoisotopic (exact) mass is 355 g/mol. The van der Waals surface area contributed by atoms with Crippen LogP contribution in [-0.2, 0) is 13.0 Å². The molecule has 0 aliphatic carbocycles. The number of rotatable bonds is 3. The fourth-order valence-corrected chi connectivity index (χ4v) is 3.44. The molecule has 3 heterocycles. The Morgan fingerprint density at radius 1 is 1.27 bits per heavy atom. The number of urea groups is 1. The van der Waals surface area contributed by atoms with Crippen LogP contribution < -0.4 is 5.56 Å². The second-order valence-corrected chi connectivity index (χ2v) is 7.13. The van der Waals surface area contributed by atoms with Crippen LogP contribution >= 0.6 is 0 Å². The molecule has 7 nitrogen and oxygen atoms in total. The summed E-state index contributed by atoms with van der Waals surface area (Å²) in [6.07, 6.45) is 3.85. The van der Waals surface area contributed by atoms with E-state index in [1.54, 1.807) is 23.4 Å². The molecule has 0 fully saturated rings. The highest BCUT2D eigenvalue weighted by atomic mass is 16.2. The molecule has 26 heavy (non-hydrogen) atoms. The molecule has 0 bridgehead atoms. The van der Waals surface area contributed by atoms with Crippen molar-refractivity contribution in [3.63, 3.8) is 0 Å². The quantitative estimate of drug-likeness (QED) is 0.917. The molecule has 0 aromatic carbocycles. The summed E-state index contributed by atoms with van der Waals surface area (Å²) in [5.74, 6) is 0.487. The first-order chi connectivity index (χ1) is 12.4. The van der Waals surface area contributed by atoms with Gasteiger partial charge >= 0.3 is 6.03 Å². The van der Waals surface area contributed by atoms with E-state index in [4.69, 9.17) is 0 Å². The van der Waals surface area contributed by atoms with E-state index in [1.807, 2.05) is 38.7 Å². The number of H-pyrrole nitrogens is 1. The lowest BCUT2D eigenvalue weighted by Gasteiger charge is -2.37. The molecule has 0 saturated heterocycles. The number of aromatic nitrogens is 3. The van der Waals surface area contributed by atoms with Gasteiger partial charge in [-0.05, 0) is 46.2 Å². The van der Waals surface area contributed by atoms with Crippen LogP contribution in [0.25, 0.3) is 11.4 Å². The fourth-order valence-electron chi connectivity index (χ4n) is 3.44. The van der Waals surface area contributed by atoms with E-state index in [1.165, 1.54) is 0 Å². The molecule has 2 aromatic rings. The first-order valence-electron chi connectivity index (χ1n) is 8.98. The van der Waals surface area contributed by atoms with E-state index in [0.29, 0.717) is 36.6 Å². The van der Waals surface area contributed by atoms with Gasteiger partial charge in [0.1, 0.15) is 5.82 Å². The van der Waals surface area contributed by atoms with Gasteiger partial charge in [0.25, 0.3) is 5.56 Å². The molecule has 0 unspecified atom stereocenters. The molecule has 1 aliphatic heterocycles. The predicted molar refractivity (Wildman–Crippen MR) is 99.7 cm³/mol. The zero-order valence-electron chi connectivity index (χ0n) is 15.7. The minimum Gasteiger partial charge on any atom is -0.320 e. The lowest BCUT2D eigenvalue weighted by atomic mass is 10.1. The summed E-state index contributed by atoms with van der Waals surface area (Å²) in [6, 6.07) is 3.87. The molecule has 0 saturated carbocycles. The van der Waals surface area contributed by atoms with Crippen LogP contribution in [0.5, 0.6) is 0 Å². The number of carbonyl (C=O) groups excluding carboxylic acids is 1. The Labute approximate surface area is 153 Å². The van der Waals surface area contributed by atoms with Gasteiger partial charge < -0.3 is 14.8 Å². The number of hydrogen-bond donors (Lipinski definition) is 1. The molecular weight excluding hydrogens is 330 g/mol.